The molecule has 1 saturated heterocycles. The topological polar surface area (TPSA) is 77.9 Å². The van der Waals surface area contributed by atoms with Crippen molar-refractivity contribution < 1.29 is 19.5 Å². The van der Waals surface area contributed by atoms with Crippen molar-refractivity contribution in [2.75, 3.05) is 26.7 Å². The highest BCUT2D eigenvalue weighted by molar-refractivity contribution is 5.97. The predicted octanol–water partition coefficient (Wildman–Crippen LogP) is 1.64. The number of hydrogen-bond acceptors (Lipinski definition) is 3. The average molecular weight is 332 g/mol. The largest absolute Gasteiger partial charge is 0.481 e. The van der Waals surface area contributed by atoms with E-state index in [-0.39, 0.29) is 24.9 Å². The summed E-state index contributed by atoms with van der Waals surface area (Å²) in [5.74, 6) is -1.77. The number of nitrogens with zero attached hydrogens (tertiary/aromatic N) is 2. The van der Waals surface area contributed by atoms with Crippen molar-refractivity contribution in [3.8, 4) is 0 Å². The highest BCUT2D eigenvalue weighted by Crippen LogP contribution is 2.17. The third-order valence-corrected chi connectivity index (χ3v) is 4.47. The summed E-state index contributed by atoms with van der Waals surface area (Å²) < 4.78 is 0. The van der Waals surface area contributed by atoms with Crippen LogP contribution in [0.1, 0.15) is 35.7 Å². The standard InChI is InChI=1S/C18H24N2O4/c1-3-13-7-4-5-9-15(13)17(22)19(2)12-16(21)20-10-6-8-14(11-20)18(23)24/h4-5,7,9,14H,3,6,8,10-12H2,1-2H3,(H,23,24). The Balaban J connectivity index is 2.00. The number of likely N-dealkylation sites (tertiary alicyclic amines) is 1. The molecule has 0 spiro atoms. The number of benzene rings is 1. The van der Waals surface area contributed by atoms with E-state index in [1.807, 2.05) is 25.1 Å². The molecule has 6 nitrogen and oxygen atoms in total. The van der Waals surface area contributed by atoms with Gasteiger partial charge in [0, 0.05) is 25.7 Å². The maximum atomic E-state index is 12.6. The summed E-state index contributed by atoms with van der Waals surface area (Å²) in [7, 11) is 1.60. The van der Waals surface area contributed by atoms with Gasteiger partial charge in [0.1, 0.15) is 0 Å². The number of likely N-dealkylation sites (N-methyl/N-ethyl adjacent to an activating group) is 1. The fourth-order valence-corrected chi connectivity index (χ4v) is 3.02. The first-order chi connectivity index (χ1) is 11.4. The van der Waals surface area contributed by atoms with Crippen LogP contribution in [0.15, 0.2) is 24.3 Å². The molecule has 1 N–H and O–H groups in total. The quantitative estimate of drug-likeness (QED) is 0.889. The molecule has 0 bridgehead atoms. The number of aryl methyl sites for hydroxylation is 1. The second-order valence-corrected chi connectivity index (χ2v) is 6.19. The van der Waals surface area contributed by atoms with E-state index in [1.54, 1.807) is 18.0 Å². The van der Waals surface area contributed by atoms with Gasteiger partial charge in [-0.15, -0.1) is 0 Å². The molecule has 0 radical (unpaired) electrons. The molecule has 24 heavy (non-hydrogen) atoms. The van der Waals surface area contributed by atoms with Gasteiger partial charge in [-0.25, -0.2) is 0 Å². The number of amides is 2. The van der Waals surface area contributed by atoms with Crippen molar-refractivity contribution in [1.29, 1.82) is 0 Å². The summed E-state index contributed by atoms with van der Waals surface area (Å²) in [4.78, 5) is 39.0. The third-order valence-electron chi connectivity index (χ3n) is 4.47. The maximum Gasteiger partial charge on any atom is 0.308 e. The first-order valence-corrected chi connectivity index (χ1v) is 8.28. The van der Waals surface area contributed by atoms with Crippen molar-refractivity contribution in [1.82, 2.24) is 9.80 Å². The van der Waals surface area contributed by atoms with Gasteiger partial charge in [-0.2, -0.15) is 0 Å². The molecule has 1 aromatic rings. The van der Waals surface area contributed by atoms with Gasteiger partial charge >= 0.3 is 5.97 Å². The molecule has 130 valence electrons. The number of carbonyl (C=O) groups excluding carboxylic acids is 2. The highest BCUT2D eigenvalue weighted by Gasteiger charge is 2.29. The first-order valence-electron chi connectivity index (χ1n) is 8.28. The van der Waals surface area contributed by atoms with E-state index in [2.05, 4.69) is 0 Å². The van der Waals surface area contributed by atoms with Crippen LogP contribution < -0.4 is 0 Å². The van der Waals surface area contributed by atoms with E-state index in [0.717, 1.165) is 12.0 Å². The zero-order chi connectivity index (χ0) is 17.7. The fourth-order valence-electron chi connectivity index (χ4n) is 3.02. The van der Waals surface area contributed by atoms with Crippen LogP contribution in [0.25, 0.3) is 0 Å². The van der Waals surface area contributed by atoms with E-state index >= 15 is 0 Å². The molecule has 1 aliphatic heterocycles. The normalized spacial score (nSPS) is 17.4. The lowest BCUT2D eigenvalue weighted by molar-refractivity contribution is -0.145. The minimum absolute atomic E-state index is 0.0385. The first kappa shape index (κ1) is 18.0. The van der Waals surface area contributed by atoms with Crippen LogP contribution in [-0.2, 0) is 16.0 Å². The van der Waals surface area contributed by atoms with E-state index in [1.165, 1.54) is 4.90 Å². The van der Waals surface area contributed by atoms with Gasteiger partial charge in [0.15, 0.2) is 0 Å². The Morgan fingerprint density at radius 1 is 1.29 bits per heavy atom. The number of carboxylic acid groups (broad SMARTS) is 1. The van der Waals surface area contributed by atoms with E-state index < -0.39 is 11.9 Å². The van der Waals surface area contributed by atoms with E-state index in [9.17, 15) is 14.4 Å². The number of hydrogen-bond donors (Lipinski definition) is 1. The van der Waals surface area contributed by atoms with Gasteiger partial charge in [0.2, 0.25) is 5.91 Å². The molecule has 1 atom stereocenters. The zero-order valence-electron chi connectivity index (χ0n) is 14.2. The Bertz CT molecular complexity index is 629. The molecular formula is C18H24N2O4. The fraction of sp³-hybridized carbons (Fsp3) is 0.500. The molecule has 0 aliphatic carbocycles. The second-order valence-electron chi connectivity index (χ2n) is 6.19. The van der Waals surface area contributed by atoms with Crippen LogP contribution in [0.2, 0.25) is 0 Å². The summed E-state index contributed by atoms with van der Waals surface area (Å²) in [6.45, 7) is 2.72. The monoisotopic (exact) mass is 332 g/mol. The van der Waals surface area contributed by atoms with Crippen LogP contribution >= 0.6 is 0 Å². The number of carbonyl (C=O) groups is 3. The third kappa shape index (κ3) is 4.13. The molecule has 1 fully saturated rings. The smallest absolute Gasteiger partial charge is 0.308 e. The molecule has 2 amide bonds. The highest BCUT2D eigenvalue weighted by atomic mass is 16.4. The van der Waals surface area contributed by atoms with Crippen molar-refractivity contribution in [3.05, 3.63) is 35.4 Å². The Labute approximate surface area is 142 Å². The molecule has 1 heterocycles. The van der Waals surface area contributed by atoms with E-state index in [4.69, 9.17) is 5.11 Å². The van der Waals surface area contributed by atoms with Gasteiger partial charge in [-0.1, -0.05) is 25.1 Å². The minimum atomic E-state index is -0.867. The molecule has 1 unspecified atom stereocenters. The summed E-state index contributed by atoms with van der Waals surface area (Å²) in [5, 5.41) is 9.11. The van der Waals surface area contributed by atoms with Crippen LogP contribution in [0, 0.1) is 5.92 Å². The van der Waals surface area contributed by atoms with Crippen LogP contribution in [0.5, 0.6) is 0 Å². The Kier molecular flexibility index (Phi) is 5.95. The van der Waals surface area contributed by atoms with Crippen molar-refractivity contribution in [2.45, 2.75) is 26.2 Å². The number of carboxylic acids is 1. The van der Waals surface area contributed by atoms with Crippen LogP contribution in [0.3, 0.4) is 0 Å². The number of rotatable bonds is 5. The van der Waals surface area contributed by atoms with Crippen LogP contribution in [0.4, 0.5) is 0 Å². The van der Waals surface area contributed by atoms with E-state index in [0.29, 0.717) is 24.9 Å². The summed E-state index contributed by atoms with van der Waals surface area (Å²) in [5.41, 5.74) is 1.56. The lowest BCUT2D eigenvalue weighted by Gasteiger charge is -2.32. The Hall–Kier alpha value is -2.37. The molecule has 6 heteroatoms. The van der Waals surface area contributed by atoms with Gasteiger partial charge < -0.3 is 14.9 Å². The van der Waals surface area contributed by atoms with Crippen molar-refractivity contribution >= 4 is 17.8 Å². The van der Waals surface area contributed by atoms with Gasteiger partial charge in [-0.3, -0.25) is 14.4 Å². The Morgan fingerprint density at radius 2 is 2.00 bits per heavy atom. The SMILES string of the molecule is CCc1ccccc1C(=O)N(C)CC(=O)N1CCCC(C(=O)O)C1. The lowest BCUT2D eigenvalue weighted by Crippen LogP contribution is -2.47. The van der Waals surface area contributed by atoms with Crippen molar-refractivity contribution in [3.63, 3.8) is 0 Å². The predicted molar refractivity (Wildman–Crippen MR) is 89.7 cm³/mol. The lowest BCUT2D eigenvalue weighted by atomic mass is 9.98. The molecular weight excluding hydrogens is 308 g/mol. The summed E-state index contributed by atoms with van der Waals surface area (Å²) >= 11 is 0. The molecule has 1 aromatic carbocycles. The second kappa shape index (κ2) is 7.95. The molecule has 0 saturated carbocycles. The zero-order valence-corrected chi connectivity index (χ0v) is 14.2. The average Bonchev–Trinajstić information content (AvgIpc) is 2.60. The van der Waals surface area contributed by atoms with Crippen molar-refractivity contribution in [2.24, 2.45) is 5.92 Å². The summed E-state index contributed by atoms with van der Waals surface area (Å²) in [6.07, 6.45) is 2.02. The maximum absolute atomic E-state index is 12.6. The molecule has 1 aliphatic rings. The van der Waals surface area contributed by atoms with Gasteiger partial charge in [0.25, 0.3) is 5.91 Å². The molecule has 2 rings (SSSR count). The summed E-state index contributed by atoms with van der Waals surface area (Å²) in [6, 6.07) is 7.37. The molecule has 0 aromatic heterocycles. The number of aliphatic carboxylic acids is 1. The van der Waals surface area contributed by atoms with Crippen LogP contribution in [-0.4, -0.2) is 59.4 Å². The number of piperidine rings is 1. The Morgan fingerprint density at radius 3 is 2.67 bits per heavy atom. The minimum Gasteiger partial charge on any atom is -0.481 e. The van der Waals surface area contributed by atoms with Gasteiger partial charge in [0.05, 0.1) is 12.5 Å². The van der Waals surface area contributed by atoms with Gasteiger partial charge in [-0.05, 0) is 30.9 Å².